The molecule has 1 amide bonds. The van der Waals surface area contributed by atoms with Crippen molar-refractivity contribution in [2.24, 2.45) is 0 Å². The highest BCUT2D eigenvalue weighted by molar-refractivity contribution is 5.93. The molecule has 2 rings (SSSR count). The topological polar surface area (TPSA) is 71.3 Å². The summed E-state index contributed by atoms with van der Waals surface area (Å²) in [7, 11) is 0. The number of aliphatic carboxylic acids is 1. The van der Waals surface area contributed by atoms with Gasteiger partial charge in [-0.2, -0.15) is 0 Å². The Morgan fingerprint density at radius 1 is 1.53 bits per heavy atom. The van der Waals surface area contributed by atoms with Crippen molar-refractivity contribution in [2.75, 3.05) is 0 Å². The van der Waals surface area contributed by atoms with Gasteiger partial charge in [-0.3, -0.25) is 9.59 Å². The number of carboxylic acid groups (broad SMARTS) is 1. The molecule has 0 aromatic carbocycles. The third-order valence-electron chi connectivity index (χ3n) is 3.65. The van der Waals surface area contributed by atoms with E-state index in [0.717, 1.165) is 12.8 Å². The monoisotopic (exact) mass is 264 g/mol. The van der Waals surface area contributed by atoms with Gasteiger partial charge in [-0.25, -0.2) is 0 Å². The van der Waals surface area contributed by atoms with Crippen molar-refractivity contribution in [1.29, 1.82) is 0 Å². The van der Waals surface area contributed by atoms with Crippen molar-refractivity contribution in [3.05, 3.63) is 24.0 Å². The molecular weight excluding hydrogens is 244 g/mol. The maximum atomic E-state index is 12.1. The highest BCUT2D eigenvalue weighted by atomic mass is 16.4. The van der Waals surface area contributed by atoms with E-state index >= 15 is 0 Å². The van der Waals surface area contributed by atoms with Gasteiger partial charge in [0.1, 0.15) is 5.69 Å². The summed E-state index contributed by atoms with van der Waals surface area (Å²) in [5, 5.41) is 11.5. The number of rotatable bonds is 6. The Labute approximate surface area is 112 Å². The first kappa shape index (κ1) is 13.6. The molecule has 1 heterocycles. The fraction of sp³-hybridized carbons (Fsp3) is 0.571. The van der Waals surface area contributed by atoms with E-state index in [-0.39, 0.29) is 18.4 Å². The number of aromatic nitrogens is 1. The lowest BCUT2D eigenvalue weighted by Gasteiger charge is -2.29. The first-order valence-electron chi connectivity index (χ1n) is 6.77. The lowest BCUT2D eigenvalue weighted by atomic mass is 9.93. The van der Waals surface area contributed by atoms with Crippen molar-refractivity contribution in [2.45, 2.75) is 51.1 Å². The molecule has 0 saturated heterocycles. The van der Waals surface area contributed by atoms with Gasteiger partial charge in [0.25, 0.3) is 5.91 Å². The fourth-order valence-corrected chi connectivity index (χ4v) is 2.28. The number of carbonyl (C=O) groups is 2. The molecular formula is C14H20N2O3. The minimum absolute atomic E-state index is 0.0745. The quantitative estimate of drug-likeness (QED) is 0.827. The van der Waals surface area contributed by atoms with Gasteiger partial charge in [0.15, 0.2) is 0 Å². The van der Waals surface area contributed by atoms with E-state index in [9.17, 15) is 9.59 Å². The highest BCUT2D eigenvalue weighted by Crippen LogP contribution is 2.32. The third-order valence-corrected chi connectivity index (χ3v) is 3.65. The largest absolute Gasteiger partial charge is 0.481 e. The number of hydrogen-bond donors (Lipinski definition) is 2. The zero-order valence-corrected chi connectivity index (χ0v) is 11.1. The van der Waals surface area contributed by atoms with Gasteiger partial charge >= 0.3 is 5.97 Å². The van der Waals surface area contributed by atoms with Gasteiger partial charge in [-0.05, 0) is 44.7 Å². The van der Waals surface area contributed by atoms with Crippen molar-refractivity contribution < 1.29 is 14.7 Å². The Kier molecular flexibility index (Phi) is 4.24. The molecule has 19 heavy (non-hydrogen) atoms. The predicted octanol–water partition coefficient (Wildman–Crippen LogP) is 2.20. The summed E-state index contributed by atoms with van der Waals surface area (Å²) in [6.45, 7) is 1.83. The third kappa shape index (κ3) is 3.36. The van der Waals surface area contributed by atoms with Crippen LogP contribution in [0.1, 0.15) is 55.6 Å². The van der Waals surface area contributed by atoms with Crippen LogP contribution in [-0.2, 0) is 4.79 Å². The minimum atomic E-state index is -0.834. The van der Waals surface area contributed by atoms with E-state index in [4.69, 9.17) is 5.11 Å². The van der Waals surface area contributed by atoms with Crippen molar-refractivity contribution in [1.82, 2.24) is 9.88 Å². The molecule has 1 fully saturated rings. The van der Waals surface area contributed by atoms with Crippen LogP contribution in [0, 0.1) is 0 Å². The van der Waals surface area contributed by atoms with Crippen LogP contribution in [0.3, 0.4) is 0 Å². The van der Waals surface area contributed by atoms with Gasteiger partial charge < -0.3 is 15.0 Å². The Morgan fingerprint density at radius 3 is 2.84 bits per heavy atom. The van der Waals surface area contributed by atoms with Gasteiger partial charge in [-0.1, -0.05) is 0 Å². The summed E-state index contributed by atoms with van der Waals surface area (Å²) in [6.07, 6.45) is 5.95. The summed E-state index contributed by atoms with van der Waals surface area (Å²) in [4.78, 5) is 22.6. The Hall–Kier alpha value is -1.78. The van der Waals surface area contributed by atoms with Crippen LogP contribution in [-0.4, -0.2) is 27.6 Å². The highest BCUT2D eigenvalue weighted by Gasteiger charge is 2.23. The lowest BCUT2D eigenvalue weighted by molar-refractivity contribution is -0.137. The van der Waals surface area contributed by atoms with Crippen molar-refractivity contribution in [3.8, 4) is 0 Å². The van der Waals surface area contributed by atoms with E-state index in [2.05, 4.69) is 5.32 Å². The van der Waals surface area contributed by atoms with Gasteiger partial charge in [0, 0.05) is 24.7 Å². The molecule has 0 radical (unpaired) electrons. The molecule has 1 atom stereocenters. The first-order valence-corrected chi connectivity index (χ1v) is 6.77. The van der Waals surface area contributed by atoms with Crippen LogP contribution in [0.15, 0.2) is 18.3 Å². The predicted molar refractivity (Wildman–Crippen MR) is 71.1 cm³/mol. The SMILES string of the molecule is CC(CCC(=O)O)NC(=O)c1cccn1C1CCC1. The van der Waals surface area contributed by atoms with Crippen LogP contribution in [0.5, 0.6) is 0 Å². The van der Waals surface area contributed by atoms with Gasteiger partial charge in [-0.15, -0.1) is 0 Å². The number of carbonyl (C=O) groups excluding carboxylic acids is 1. The van der Waals surface area contributed by atoms with Crippen LogP contribution in [0.4, 0.5) is 0 Å². The van der Waals surface area contributed by atoms with E-state index < -0.39 is 5.97 Å². The summed E-state index contributed by atoms with van der Waals surface area (Å²) >= 11 is 0. The molecule has 1 aliphatic rings. The molecule has 2 N–H and O–H groups in total. The molecule has 1 aromatic heterocycles. The van der Waals surface area contributed by atoms with Crippen molar-refractivity contribution in [3.63, 3.8) is 0 Å². The number of carboxylic acids is 1. The summed E-state index contributed by atoms with van der Waals surface area (Å²) in [5.74, 6) is -0.950. The molecule has 5 nitrogen and oxygen atoms in total. The number of amides is 1. The van der Waals surface area contributed by atoms with E-state index in [1.165, 1.54) is 6.42 Å². The summed E-state index contributed by atoms with van der Waals surface area (Å²) < 4.78 is 2.03. The summed E-state index contributed by atoms with van der Waals surface area (Å²) in [6, 6.07) is 4.02. The lowest BCUT2D eigenvalue weighted by Crippen LogP contribution is -2.35. The van der Waals surface area contributed by atoms with Crippen LogP contribution < -0.4 is 5.32 Å². The summed E-state index contributed by atoms with van der Waals surface area (Å²) in [5.41, 5.74) is 0.673. The molecule has 5 heteroatoms. The second kappa shape index (κ2) is 5.91. The zero-order chi connectivity index (χ0) is 13.8. The molecule has 104 valence electrons. The van der Waals surface area contributed by atoms with Crippen LogP contribution in [0.25, 0.3) is 0 Å². The second-order valence-electron chi connectivity index (χ2n) is 5.19. The Bertz CT molecular complexity index is 463. The average Bonchev–Trinajstić information content (AvgIpc) is 2.73. The van der Waals surface area contributed by atoms with Crippen molar-refractivity contribution >= 4 is 11.9 Å². The fourth-order valence-electron chi connectivity index (χ4n) is 2.28. The van der Waals surface area contributed by atoms with Crippen LogP contribution >= 0.6 is 0 Å². The van der Waals surface area contributed by atoms with E-state index in [1.807, 2.05) is 29.8 Å². The maximum Gasteiger partial charge on any atom is 0.303 e. The first-order chi connectivity index (χ1) is 9.08. The Morgan fingerprint density at radius 2 is 2.26 bits per heavy atom. The maximum absolute atomic E-state index is 12.1. The smallest absolute Gasteiger partial charge is 0.303 e. The molecule has 1 saturated carbocycles. The number of nitrogens with zero attached hydrogens (tertiary/aromatic N) is 1. The molecule has 0 aliphatic heterocycles. The van der Waals surface area contributed by atoms with Gasteiger partial charge in [0.2, 0.25) is 0 Å². The van der Waals surface area contributed by atoms with Crippen LogP contribution in [0.2, 0.25) is 0 Å². The Balaban J connectivity index is 1.92. The standard InChI is InChI=1S/C14H20N2O3/c1-10(7-8-13(17)18)15-14(19)12-6-3-9-16(12)11-4-2-5-11/h3,6,9-11H,2,4-5,7-8H2,1H3,(H,15,19)(H,17,18). The second-order valence-corrected chi connectivity index (χ2v) is 5.19. The molecule has 0 bridgehead atoms. The molecule has 1 aromatic rings. The number of hydrogen-bond acceptors (Lipinski definition) is 2. The zero-order valence-electron chi connectivity index (χ0n) is 11.1. The van der Waals surface area contributed by atoms with Gasteiger partial charge in [0.05, 0.1) is 0 Å². The minimum Gasteiger partial charge on any atom is -0.481 e. The normalized spacial score (nSPS) is 16.7. The van der Waals surface area contributed by atoms with E-state index in [1.54, 1.807) is 0 Å². The molecule has 1 unspecified atom stereocenters. The van der Waals surface area contributed by atoms with E-state index in [0.29, 0.717) is 18.2 Å². The molecule has 1 aliphatic carbocycles. The number of nitrogens with one attached hydrogen (secondary N) is 1. The molecule has 0 spiro atoms. The average molecular weight is 264 g/mol.